The molecule has 1 heterocycles. The Balaban J connectivity index is 1.75. The van der Waals surface area contributed by atoms with Crippen LogP contribution in [0.25, 0.3) is 0 Å². The highest BCUT2D eigenvalue weighted by Gasteiger charge is 2.46. The Kier molecular flexibility index (Phi) is 3.05. The van der Waals surface area contributed by atoms with Gasteiger partial charge in [0.2, 0.25) is 11.8 Å². The van der Waals surface area contributed by atoms with E-state index in [1.807, 2.05) is 0 Å². The minimum absolute atomic E-state index is 0.0767. The molecule has 2 aliphatic carbocycles. The van der Waals surface area contributed by atoms with Crippen molar-refractivity contribution in [2.75, 3.05) is 0 Å². The third-order valence-corrected chi connectivity index (χ3v) is 4.34. The van der Waals surface area contributed by atoms with Gasteiger partial charge in [0.15, 0.2) is 5.82 Å². The number of amides is 1. The summed E-state index contributed by atoms with van der Waals surface area (Å²) in [5.74, 6) is 0.714. The number of nitrogens with one attached hydrogen (secondary N) is 1. The van der Waals surface area contributed by atoms with Gasteiger partial charge in [-0.05, 0) is 38.5 Å². The highest BCUT2D eigenvalue weighted by atomic mass is 16.5. The van der Waals surface area contributed by atoms with Gasteiger partial charge in [-0.25, -0.2) is 0 Å². The molecular formula is C13H19N3O3. The number of aromatic nitrogens is 2. The molecule has 2 atom stereocenters. The fraction of sp³-hybridized carbons (Fsp3) is 0.769. The molecule has 2 fully saturated rings. The highest BCUT2D eigenvalue weighted by molar-refractivity contribution is 5.80. The molecule has 19 heavy (non-hydrogen) atoms. The van der Waals surface area contributed by atoms with Crippen LogP contribution in [0.1, 0.15) is 50.2 Å². The molecule has 0 aliphatic heterocycles. The highest BCUT2D eigenvalue weighted by Crippen LogP contribution is 2.40. The lowest BCUT2D eigenvalue weighted by Gasteiger charge is -2.40. The van der Waals surface area contributed by atoms with E-state index >= 15 is 0 Å². The number of carbonyl (C=O) groups is 1. The molecule has 0 saturated heterocycles. The van der Waals surface area contributed by atoms with Gasteiger partial charge in [-0.2, -0.15) is 4.98 Å². The maximum Gasteiger partial charge on any atom is 0.226 e. The first-order valence-corrected chi connectivity index (χ1v) is 6.92. The van der Waals surface area contributed by atoms with Gasteiger partial charge < -0.3 is 14.9 Å². The summed E-state index contributed by atoms with van der Waals surface area (Å²) in [4.78, 5) is 16.5. The van der Waals surface area contributed by atoms with E-state index in [2.05, 4.69) is 15.5 Å². The van der Waals surface area contributed by atoms with Gasteiger partial charge in [0, 0.05) is 6.92 Å². The summed E-state index contributed by atoms with van der Waals surface area (Å²) in [6.45, 7) is 1.74. The molecule has 2 N–H and O–H groups in total. The Morgan fingerprint density at radius 3 is 2.68 bits per heavy atom. The third kappa shape index (κ3) is 2.14. The number of carbonyl (C=O) groups excluding carboxylic acids is 1. The summed E-state index contributed by atoms with van der Waals surface area (Å²) in [7, 11) is 0. The monoisotopic (exact) mass is 265 g/mol. The predicted molar refractivity (Wildman–Crippen MR) is 66.1 cm³/mol. The molecule has 2 aliphatic rings. The van der Waals surface area contributed by atoms with E-state index in [-0.39, 0.29) is 11.8 Å². The Bertz CT molecular complexity index is 481. The molecule has 0 radical (unpaired) electrons. The minimum Gasteiger partial charge on any atom is -0.392 e. The summed E-state index contributed by atoms with van der Waals surface area (Å²) < 4.78 is 5.01. The molecule has 1 amide bonds. The lowest BCUT2D eigenvalue weighted by Crippen LogP contribution is -2.53. The smallest absolute Gasteiger partial charge is 0.226 e. The largest absolute Gasteiger partial charge is 0.392 e. The van der Waals surface area contributed by atoms with Crippen LogP contribution in [0.2, 0.25) is 0 Å². The fourth-order valence-electron chi connectivity index (χ4n) is 3.00. The first kappa shape index (κ1) is 12.6. The molecule has 1 aromatic rings. The van der Waals surface area contributed by atoms with Crippen molar-refractivity contribution in [2.45, 2.75) is 57.1 Å². The Labute approximate surface area is 111 Å². The van der Waals surface area contributed by atoms with Crippen molar-refractivity contribution in [1.82, 2.24) is 15.5 Å². The third-order valence-electron chi connectivity index (χ3n) is 4.34. The normalized spacial score (nSPS) is 28.9. The van der Waals surface area contributed by atoms with Crippen LogP contribution in [-0.2, 0) is 10.3 Å². The molecular weight excluding hydrogens is 246 g/mol. The second-order valence-electron chi connectivity index (χ2n) is 5.67. The van der Waals surface area contributed by atoms with Gasteiger partial charge >= 0.3 is 0 Å². The summed E-state index contributed by atoms with van der Waals surface area (Å²) >= 11 is 0. The van der Waals surface area contributed by atoms with E-state index in [1.165, 1.54) is 0 Å². The summed E-state index contributed by atoms with van der Waals surface area (Å²) in [5, 5.41) is 16.8. The molecule has 6 nitrogen and oxygen atoms in total. The topological polar surface area (TPSA) is 88.2 Å². The standard InChI is InChI=1S/C13H19N3O3/c1-8-14-12(16-19-8)13(6-3-7-13)15-11(18)9-4-2-5-10(9)17/h9-10,17H,2-7H2,1H3,(H,15,18)/t9-,10+/m0/s1. The predicted octanol–water partition coefficient (Wildman–Crippen LogP) is 1.03. The van der Waals surface area contributed by atoms with Crippen molar-refractivity contribution in [2.24, 2.45) is 5.92 Å². The van der Waals surface area contributed by atoms with E-state index in [9.17, 15) is 9.90 Å². The Hall–Kier alpha value is -1.43. The first-order chi connectivity index (χ1) is 9.11. The number of aliphatic hydroxyl groups is 1. The fourth-order valence-corrected chi connectivity index (χ4v) is 3.00. The molecule has 0 spiro atoms. The van der Waals surface area contributed by atoms with Crippen LogP contribution in [0.5, 0.6) is 0 Å². The number of rotatable bonds is 3. The SMILES string of the molecule is Cc1nc(C2(NC(=O)[C@H]3CCC[C@H]3O)CCC2)no1. The van der Waals surface area contributed by atoms with Crippen LogP contribution in [0.15, 0.2) is 4.52 Å². The van der Waals surface area contributed by atoms with E-state index in [4.69, 9.17) is 4.52 Å². The summed E-state index contributed by atoms with van der Waals surface area (Å²) in [5.41, 5.74) is -0.475. The zero-order valence-electron chi connectivity index (χ0n) is 11.1. The van der Waals surface area contributed by atoms with Gasteiger partial charge in [0.05, 0.1) is 12.0 Å². The average Bonchev–Trinajstić information content (AvgIpc) is 2.92. The van der Waals surface area contributed by atoms with Crippen molar-refractivity contribution in [3.05, 3.63) is 11.7 Å². The van der Waals surface area contributed by atoms with Crippen molar-refractivity contribution in [3.63, 3.8) is 0 Å². The van der Waals surface area contributed by atoms with Crippen LogP contribution in [0.4, 0.5) is 0 Å². The molecule has 0 aromatic carbocycles. The Morgan fingerprint density at radius 2 is 2.21 bits per heavy atom. The van der Waals surface area contributed by atoms with Gasteiger partial charge in [0.1, 0.15) is 5.54 Å². The Morgan fingerprint density at radius 1 is 1.42 bits per heavy atom. The van der Waals surface area contributed by atoms with Gasteiger partial charge in [-0.1, -0.05) is 5.16 Å². The quantitative estimate of drug-likeness (QED) is 0.852. The number of aryl methyl sites for hydroxylation is 1. The van der Waals surface area contributed by atoms with Crippen LogP contribution >= 0.6 is 0 Å². The zero-order valence-corrected chi connectivity index (χ0v) is 11.1. The van der Waals surface area contributed by atoms with E-state index < -0.39 is 11.6 Å². The van der Waals surface area contributed by atoms with Crippen molar-refractivity contribution >= 4 is 5.91 Å². The zero-order chi connectivity index (χ0) is 13.5. The summed E-state index contributed by atoms with van der Waals surface area (Å²) in [6, 6.07) is 0. The van der Waals surface area contributed by atoms with Crippen molar-refractivity contribution < 1.29 is 14.4 Å². The van der Waals surface area contributed by atoms with Crippen molar-refractivity contribution in [3.8, 4) is 0 Å². The minimum atomic E-state index is -0.510. The maximum absolute atomic E-state index is 12.3. The average molecular weight is 265 g/mol. The lowest BCUT2D eigenvalue weighted by atomic mass is 9.75. The van der Waals surface area contributed by atoms with Crippen LogP contribution in [0.3, 0.4) is 0 Å². The second-order valence-corrected chi connectivity index (χ2v) is 5.67. The van der Waals surface area contributed by atoms with Crippen LogP contribution < -0.4 is 5.32 Å². The van der Waals surface area contributed by atoms with Gasteiger partial charge in [0.25, 0.3) is 0 Å². The second kappa shape index (κ2) is 4.59. The maximum atomic E-state index is 12.3. The molecule has 0 unspecified atom stereocenters. The number of aliphatic hydroxyl groups excluding tert-OH is 1. The number of hydrogen-bond donors (Lipinski definition) is 2. The molecule has 1 aromatic heterocycles. The molecule has 104 valence electrons. The van der Waals surface area contributed by atoms with E-state index in [0.717, 1.165) is 32.1 Å². The number of hydrogen-bond acceptors (Lipinski definition) is 5. The molecule has 0 bridgehead atoms. The lowest BCUT2D eigenvalue weighted by molar-refractivity contribution is -0.131. The number of nitrogens with zero attached hydrogens (tertiary/aromatic N) is 2. The molecule has 6 heteroatoms. The first-order valence-electron chi connectivity index (χ1n) is 6.92. The van der Waals surface area contributed by atoms with E-state index in [0.29, 0.717) is 18.1 Å². The van der Waals surface area contributed by atoms with Crippen LogP contribution in [-0.4, -0.2) is 27.3 Å². The van der Waals surface area contributed by atoms with Gasteiger partial charge in [-0.15, -0.1) is 0 Å². The molecule has 3 rings (SSSR count). The summed E-state index contributed by atoms with van der Waals surface area (Å²) in [6.07, 6.45) is 4.58. The van der Waals surface area contributed by atoms with Crippen LogP contribution in [0, 0.1) is 12.8 Å². The van der Waals surface area contributed by atoms with E-state index in [1.54, 1.807) is 6.92 Å². The van der Waals surface area contributed by atoms with Crippen molar-refractivity contribution in [1.29, 1.82) is 0 Å². The van der Waals surface area contributed by atoms with Gasteiger partial charge in [-0.3, -0.25) is 4.79 Å². The molecule has 2 saturated carbocycles.